The lowest BCUT2D eigenvalue weighted by Crippen LogP contribution is -2.22. The van der Waals surface area contributed by atoms with Crippen LogP contribution in [0.2, 0.25) is 0 Å². The molecular formula is C12H11BrN2O2S3. The molecule has 2 aromatic rings. The van der Waals surface area contributed by atoms with Gasteiger partial charge in [0.25, 0.3) is 0 Å². The van der Waals surface area contributed by atoms with Gasteiger partial charge in [0.15, 0.2) is 0 Å². The predicted molar refractivity (Wildman–Crippen MR) is 88.4 cm³/mol. The molecule has 0 fully saturated rings. The van der Waals surface area contributed by atoms with Crippen LogP contribution in [0.25, 0.3) is 0 Å². The first-order valence-electron chi connectivity index (χ1n) is 5.52. The average Bonchev–Trinajstić information content (AvgIpc) is 2.84. The minimum Gasteiger partial charge on any atom is -0.389 e. The van der Waals surface area contributed by atoms with Crippen LogP contribution in [0.1, 0.15) is 11.1 Å². The molecule has 1 heterocycles. The van der Waals surface area contributed by atoms with Gasteiger partial charge in [-0.3, -0.25) is 0 Å². The third-order valence-corrected chi connectivity index (χ3v) is 6.27. The second-order valence-corrected chi connectivity index (χ2v) is 8.84. The Hall–Kier alpha value is -0.800. The van der Waals surface area contributed by atoms with Gasteiger partial charge < -0.3 is 5.73 Å². The van der Waals surface area contributed by atoms with Crippen LogP contribution in [0.5, 0.6) is 0 Å². The number of rotatable bonds is 5. The largest absolute Gasteiger partial charge is 0.389 e. The maximum Gasteiger partial charge on any atom is 0.250 e. The Balaban J connectivity index is 2.06. The van der Waals surface area contributed by atoms with Crippen LogP contribution in [0.3, 0.4) is 0 Å². The Morgan fingerprint density at radius 1 is 1.25 bits per heavy atom. The zero-order chi connectivity index (χ0) is 14.8. The lowest BCUT2D eigenvalue weighted by Gasteiger charge is -2.05. The van der Waals surface area contributed by atoms with Crippen molar-refractivity contribution in [2.24, 2.45) is 5.73 Å². The molecule has 0 radical (unpaired) electrons. The van der Waals surface area contributed by atoms with Crippen molar-refractivity contribution < 1.29 is 8.42 Å². The van der Waals surface area contributed by atoms with E-state index in [4.69, 9.17) is 18.0 Å². The number of hydrogen-bond donors (Lipinski definition) is 2. The molecule has 1 aromatic carbocycles. The van der Waals surface area contributed by atoms with E-state index < -0.39 is 10.0 Å². The number of nitrogens with two attached hydrogens (primary N) is 1. The van der Waals surface area contributed by atoms with E-state index in [9.17, 15) is 8.42 Å². The highest BCUT2D eigenvalue weighted by Gasteiger charge is 2.15. The zero-order valence-corrected chi connectivity index (χ0v) is 14.2. The van der Waals surface area contributed by atoms with Crippen LogP contribution in [-0.4, -0.2) is 13.4 Å². The highest BCUT2D eigenvalue weighted by Crippen LogP contribution is 2.25. The summed E-state index contributed by atoms with van der Waals surface area (Å²) in [5.74, 6) is 0. The molecule has 0 aliphatic carbocycles. The zero-order valence-electron chi connectivity index (χ0n) is 10.2. The van der Waals surface area contributed by atoms with Crippen LogP contribution >= 0.6 is 39.5 Å². The van der Waals surface area contributed by atoms with Crippen molar-refractivity contribution in [2.75, 3.05) is 0 Å². The van der Waals surface area contributed by atoms with E-state index >= 15 is 0 Å². The lowest BCUT2D eigenvalue weighted by molar-refractivity contribution is 0.583. The van der Waals surface area contributed by atoms with Gasteiger partial charge in [-0.25, -0.2) is 13.1 Å². The molecule has 20 heavy (non-hydrogen) atoms. The smallest absolute Gasteiger partial charge is 0.250 e. The third kappa shape index (κ3) is 3.86. The number of thiophene rings is 1. The molecule has 8 heteroatoms. The van der Waals surface area contributed by atoms with Gasteiger partial charge in [0.1, 0.15) is 9.20 Å². The quantitative estimate of drug-likeness (QED) is 0.769. The molecule has 0 bridgehead atoms. The number of benzene rings is 1. The summed E-state index contributed by atoms with van der Waals surface area (Å²) in [6.45, 7) is 0.218. The summed E-state index contributed by atoms with van der Waals surface area (Å²) in [4.78, 5) is 0.320. The predicted octanol–water partition coefficient (Wildman–Crippen LogP) is 2.62. The molecule has 1 aromatic heterocycles. The number of hydrogen-bond acceptors (Lipinski definition) is 4. The summed E-state index contributed by atoms with van der Waals surface area (Å²) in [6, 6.07) is 10.4. The molecule has 106 valence electrons. The highest BCUT2D eigenvalue weighted by atomic mass is 79.9. The van der Waals surface area contributed by atoms with Crippen LogP contribution < -0.4 is 10.5 Å². The molecule has 3 N–H and O–H groups in total. The standard InChI is InChI=1S/C12H11BrN2O2S3/c13-10-5-6-11(19-10)20(16,17)15-7-8-1-3-9(4-2-8)12(14)18/h1-6,15H,7H2,(H2,14,18). The van der Waals surface area contributed by atoms with Crippen molar-refractivity contribution in [3.05, 3.63) is 51.3 Å². The average molecular weight is 391 g/mol. The van der Waals surface area contributed by atoms with E-state index in [0.29, 0.717) is 4.99 Å². The van der Waals surface area contributed by atoms with Gasteiger partial charge in [-0.1, -0.05) is 36.5 Å². The third-order valence-electron chi connectivity index (χ3n) is 2.52. The van der Waals surface area contributed by atoms with Crippen molar-refractivity contribution in [2.45, 2.75) is 10.8 Å². The lowest BCUT2D eigenvalue weighted by atomic mass is 10.1. The molecule has 0 aliphatic heterocycles. The Bertz CT molecular complexity index is 723. The second kappa shape index (κ2) is 6.31. The summed E-state index contributed by atoms with van der Waals surface area (Å²) in [7, 11) is -3.48. The summed E-state index contributed by atoms with van der Waals surface area (Å²) < 4.78 is 27.7. The first kappa shape index (κ1) is 15.6. The van der Waals surface area contributed by atoms with Crippen molar-refractivity contribution in [3.63, 3.8) is 0 Å². The molecule has 0 saturated heterocycles. The fourth-order valence-corrected chi connectivity index (χ4v) is 4.69. The fraction of sp³-hybridized carbons (Fsp3) is 0.0833. The number of sulfonamides is 1. The Kier molecular flexibility index (Phi) is 4.92. The van der Waals surface area contributed by atoms with Crippen molar-refractivity contribution in [3.8, 4) is 0 Å². The summed E-state index contributed by atoms with van der Waals surface area (Å²) in [6.07, 6.45) is 0. The van der Waals surface area contributed by atoms with Crippen molar-refractivity contribution >= 4 is 54.5 Å². The van der Waals surface area contributed by atoms with Gasteiger partial charge in [-0.15, -0.1) is 11.3 Å². The molecule has 0 aliphatic rings. The van der Waals surface area contributed by atoms with Gasteiger partial charge in [-0.2, -0.15) is 0 Å². The molecule has 0 saturated carbocycles. The Morgan fingerprint density at radius 2 is 1.90 bits per heavy atom. The first-order valence-corrected chi connectivity index (χ1v) is 9.02. The summed E-state index contributed by atoms with van der Waals surface area (Å²) in [5.41, 5.74) is 7.10. The molecule has 0 atom stereocenters. The summed E-state index contributed by atoms with van der Waals surface area (Å²) in [5, 5.41) is 0. The maximum absolute atomic E-state index is 12.0. The van der Waals surface area contributed by atoms with Crippen LogP contribution in [0.4, 0.5) is 0 Å². The molecule has 4 nitrogen and oxygen atoms in total. The number of nitrogens with one attached hydrogen (secondary N) is 1. The highest BCUT2D eigenvalue weighted by molar-refractivity contribution is 9.11. The molecule has 0 amide bonds. The van der Waals surface area contributed by atoms with E-state index in [0.717, 1.165) is 14.9 Å². The van der Waals surface area contributed by atoms with E-state index in [1.807, 2.05) is 0 Å². The normalized spacial score (nSPS) is 11.4. The topological polar surface area (TPSA) is 72.2 Å². The fourth-order valence-electron chi connectivity index (χ4n) is 1.48. The number of thiocarbonyl (C=S) groups is 1. The van der Waals surface area contributed by atoms with Gasteiger partial charge in [-0.05, 0) is 33.6 Å². The van der Waals surface area contributed by atoms with Gasteiger partial charge in [0.05, 0.1) is 3.79 Å². The Labute approximate surface area is 135 Å². The van der Waals surface area contributed by atoms with Crippen LogP contribution in [0, 0.1) is 0 Å². The van der Waals surface area contributed by atoms with E-state index in [-0.39, 0.29) is 10.8 Å². The second-order valence-electron chi connectivity index (χ2n) is 3.94. The van der Waals surface area contributed by atoms with E-state index in [2.05, 4.69) is 20.7 Å². The molecule has 0 spiro atoms. The first-order chi connectivity index (χ1) is 9.38. The SMILES string of the molecule is NC(=S)c1ccc(CNS(=O)(=O)c2ccc(Br)s2)cc1. The van der Waals surface area contributed by atoms with Gasteiger partial charge in [0, 0.05) is 12.1 Å². The van der Waals surface area contributed by atoms with Crippen LogP contribution in [-0.2, 0) is 16.6 Å². The van der Waals surface area contributed by atoms with Crippen molar-refractivity contribution in [1.29, 1.82) is 0 Å². The van der Waals surface area contributed by atoms with E-state index in [1.54, 1.807) is 36.4 Å². The summed E-state index contributed by atoms with van der Waals surface area (Å²) >= 11 is 9.27. The maximum atomic E-state index is 12.0. The van der Waals surface area contributed by atoms with Gasteiger partial charge in [0.2, 0.25) is 10.0 Å². The van der Waals surface area contributed by atoms with Gasteiger partial charge >= 0.3 is 0 Å². The molecular weight excluding hydrogens is 380 g/mol. The van der Waals surface area contributed by atoms with E-state index in [1.165, 1.54) is 11.3 Å². The van der Waals surface area contributed by atoms with Crippen LogP contribution in [0.15, 0.2) is 44.4 Å². The minimum atomic E-state index is -3.48. The molecule has 0 unspecified atom stereocenters. The minimum absolute atomic E-state index is 0.218. The Morgan fingerprint density at radius 3 is 2.40 bits per heavy atom. The molecule has 2 rings (SSSR count). The number of halogens is 1. The monoisotopic (exact) mass is 390 g/mol. The van der Waals surface area contributed by atoms with Crippen molar-refractivity contribution in [1.82, 2.24) is 4.72 Å².